The van der Waals surface area contributed by atoms with Gasteiger partial charge in [-0.3, -0.25) is 0 Å². The number of benzene rings is 1. The fourth-order valence-electron chi connectivity index (χ4n) is 2.86. The van der Waals surface area contributed by atoms with E-state index in [-0.39, 0.29) is 0 Å². The fraction of sp³-hybridized carbons (Fsp3) is 0.250. The van der Waals surface area contributed by atoms with Crippen molar-refractivity contribution in [3.05, 3.63) is 53.2 Å². The molecule has 3 aromatic rings. The molecule has 0 bridgehead atoms. The van der Waals surface area contributed by atoms with E-state index in [0.717, 1.165) is 36.4 Å². The van der Waals surface area contributed by atoms with Crippen LogP contribution in [0.2, 0.25) is 0 Å². The van der Waals surface area contributed by atoms with E-state index in [1.165, 1.54) is 11.1 Å². The first-order valence-electron chi connectivity index (χ1n) is 7.22. The van der Waals surface area contributed by atoms with Crippen LogP contribution in [0.25, 0.3) is 5.65 Å². The molecule has 3 heterocycles. The molecule has 21 heavy (non-hydrogen) atoms. The lowest BCUT2D eigenvalue weighted by atomic mass is 9.99. The van der Waals surface area contributed by atoms with Crippen LogP contribution in [0, 0.1) is 6.92 Å². The van der Waals surface area contributed by atoms with Crippen molar-refractivity contribution in [2.24, 2.45) is 0 Å². The van der Waals surface area contributed by atoms with Gasteiger partial charge in [0.1, 0.15) is 0 Å². The van der Waals surface area contributed by atoms with Crippen molar-refractivity contribution in [2.75, 3.05) is 11.9 Å². The second-order valence-electron chi connectivity index (χ2n) is 5.39. The predicted octanol–water partition coefficient (Wildman–Crippen LogP) is 2.43. The smallest absolute Gasteiger partial charge is 0.247 e. The number of fused-ring (bicyclic) bond motifs is 2. The molecule has 5 nitrogen and oxygen atoms in total. The normalized spacial score (nSPS) is 14.1. The van der Waals surface area contributed by atoms with Gasteiger partial charge < -0.3 is 10.6 Å². The quantitative estimate of drug-likeness (QED) is 0.756. The summed E-state index contributed by atoms with van der Waals surface area (Å²) >= 11 is 0. The minimum absolute atomic E-state index is 0.649. The minimum atomic E-state index is 0.649. The largest absolute Gasteiger partial charge is 0.323 e. The zero-order chi connectivity index (χ0) is 14.2. The van der Waals surface area contributed by atoms with E-state index in [4.69, 9.17) is 0 Å². The van der Waals surface area contributed by atoms with Gasteiger partial charge in [0.2, 0.25) is 5.95 Å². The number of nitrogens with zero attached hydrogens (tertiary/aromatic N) is 3. The van der Waals surface area contributed by atoms with E-state index in [1.807, 2.05) is 29.8 Å². The fourth-order valence-corrected chi connectivity index (χ4v) is 2.86. The molecular formula is C16H17N5. The lowest BCUT2D eigenvalue weighted by molar-refractivity contribution is 0.645. The number of anilines is 2. The highest BCUT2D eigenvalue weighted by Gasteiger charge is 2.14. The maximum Gasteiger partial charge on any atom is 0.247 e. The van der Waals surface area contributed by atoms with Crippen molar-refractivity contribution >= 4 is 17.3 Å². The molecule has 2 N–H and O–H groups in total. The second-order valence-corrected chi connectivity index (χ2v) is 5.39. The molecule has 0 fully saturated rings. The third-order valence-corrected chi connectivity index (χ3v) is 3.94. The predicted molar refractivity (Wildman–Crippen MR) is 82.9 cm³/mol. The molecule has 2 aromatic heterocycles. The van der Waals surface area contributed by atoms with Gasteiger partial charge in [-0.1, -0.05) is 18.2 Å². The summed E-state index contributed by atoms with van der Waals surface area (Å²) in [5.74, 6) is 0.649. The van der Waals surface area contributed by atoms with E-state index in [0.29, 0.717) is 5.95 Å². The maximum absolute atomic E-state index is 4.58. The Balaban J connectivity index is 1.73. The monoisotopic (exact) mass is 279 g/mol. The topological polar surface area (TPSA) is 54.2 Å². The summed E-state index contributed by atoms with van der Waals surface area (Å²) in [4.78, 5) is 4.58. The van der Waals surface area contributed by atoms with Crippen LogP contribution in [0.3, 0.4) is 0 Å². The van der Waals surface area contributed by atoms with Crippen LogP contribution in [0.5, 0.6) is 0 Å². The van der Waals surface area contributed by atoms with Crippen LogP contribution < -0.4 is 10.6 Å². The molecule has 0 saturated carbocycles. The molecule has 5 heteroatoms. The van der Waals surface area contributed by atoms with Crippen molar-refractivity contribution in [1.29, 1.82) is 0 Å². The van der Waals surface area contributed by atoms with Crippen molar-refractivity contribution in [3.63, 3.8) is 0 Å². The summed E-state index contributed by atoms with van der Waals surface area (Å²) < 4.78 is 1.81. The highest BCUT2D eigenvalue weighted by Crippen LogP contribution is 2.25. The SMILES string of the molecule is Cc1cccn2nc(Nc3cccc4c3CCNC4)nc12. The Labute approximate surface area is 123 Å². The highest BCUT2D eigenvalue weighted by molar-refractivity contribution is 5.63. The van der Waals surface area contributed by atoms with Gasteiger partial charge in [0, 0.05) is 18.4 Å². The molecule has 0 unspecified atom stereocenters. The van der Waals surface area contributed by atoms with E-state index in [9.17, 15) is 0 Å². The van der Waals surface area contributed by atoms with Crippen LogP contribution in [-0.4, -0.2) is 21.1 Å². The summed E-state index contributed by atoms with van der Waals surface area (Å²) in [7, 11) is 0. The zero-order valence-electron chi connectivity index (χ0n) is 11.9. The van der Waals surface area contributed by atoms with Crippen LogP contribution >= 0.6 is 0 Å². The van der Waals surface area contributed by atoms with Gasteiger partial charge in [0.15, 0.2) is 5.65 Å². The van der Waals surface area contributed by atoms with Gasteiger partial charge in [-0.2, -0.15) is 4.98 Å². The Morgan fingerprint density at radius 1 is 1.24 bits per heavy atom. The standard InChI is InChI=1S/C16H17N5/c1-11-4-3-9-21-15(11)19-16(20-21)18-14-6-2-5-12-10-17-8-7-13(12)14/h2-6,9,17H,7-8,10H2,1H3,(H,18,20). The van der Waals surface area contributed by atoms with Gasteiger partial charge in [-0.05, 0) is 48.7 Å². The Hall–Kier alpha value is -2.40. The molecule has 0 atom stereocenters. The van der Waals surface area contributed by atoms with E-state index >= 15 is 0 Å². The number of hydrogen-bond donors (Lipinski definition) is 2. The van der Waals surface area contributed by atoms with Gasteiger partial charge in [-0.25, -0.2) is 4.52 Å². The van der Waals surface area contributed by atoms with Crippen molar-refractivity contribution < 1.29 is 0 Å². The van der Waals surface area contributed by atoms with Crippen LogP contribution in [0.1, 0.15) is 16.7 Å². The Bertz CT molecular complexity index is 806. The molecule has 106 valence electrons. The molecular weight excluding hydrogens is 262 g/mol. The first kappa shape index (κ1) is 12.3. The molecule has 1 aliphatic heterocycles. The van der Waals surface area contributed by atoms with Crippen LogP contribution in [-0.2, 0) is 13.0 Å². The maximum atomic E-state index is 4.58. The average molecular weight is 279 g/mol. The van der Waals surface area contributed by atoms with Gasteiger partial charge in [-0.15, -0.1) is 5.10 Å². The molecule has 0 amide bonds. The van der Waals surface area contributed by atoms with Crippen LogP contribution in [0.15, 0.2) is 36.5 Å². The van der Waals surface area contributed by atoms with E-state index in [2.05, 4.69) is 38.9 Å². The molecule has 4 rings (SSSR count). The van der Waals surface area contributed by atoms with Gasteiger partial charge in [0.05, 0.1) is 0 Å². The van der Waals surface area contributed by atoms with Crippen LogP contribution in [0.4, 0.5) is 11.6 Å². The summed E-state index contributed by atoms with van der Waals surface area (Å²) in [5.41, 5.74) is 5.85. The van der Waals surface area contributed by atoms with E-state index < -0.39 is 0 Å². The van der Waals surface area contributed by atoms with E-state index in [1.54, 1.807) is 0 Å². The third kappa shape index (κ3) is 2.15. The first-order valence-corrected chi connectivity index (χ1v) is 7.22. The molecule has 1 aromatic carbocycles. The van der Waals surface area contributed by atoms with Crippen molar-refractivity contribution in [1.82, 2.24) is 19.9 Å². The molecule has 0 radical (unpaired) electrons. The Morgan fingerprint density at radius 2 is 2.19 bits per heavy atom. The molecule has 1 aliphatic rings. The number of hydrogen-bond acceptors (Lipinski definition) is 4. The zero-order valence-corrected chi connectivity index (χ0v) is 11.9. The lowest BCUT2D eigenvalue weighted by Crippen LogP contribution is -2.24. The Morgan fingerprint density at radius 3 is 3.10 bits per heavy atom. The van der Waals surface area contributed by atoms with Crippen molar-refractivity contribution in [2.45, 2.75) is 19.9 Å². The summed E-state index contributed by atoms with van der Waals surface area (Å²) in [6.45, 7) is 4.00. The lowest BCUT2D eigenvalue weighted by Gasteiger charge is -2.20. The number of aromatic nitrogens is 3. The highest BCUT2D eigenvalue weighted by atomic mass is 15.3. The molecule has 0 aliphatic carbocycles. The third-order valence-electron chi connectivity index (χ3n) is 3.94. The minimum Gasteiger partial charge on any atom is -0.323 e. The summed E-state index contributed by atoms with van der Waals surface area (Å²) in [5, 5.41) is 11.3. The van der Waals surface area contributed by atoms with Crippen molar-refractivity contribution in [3.8, 4) is 0 Å². The average Bonchev–Trinajstić information content (AvgIpc) is 2.92. The molecule has 0 spiro atoms. The Kier molecular flexibility index (Phi) is 2.86. The first-order chi connectivity index (χ1) is 10.3. The number of pyridine rings is 1. The number of aryl methyl sites for hydroxylation is 1. The van der Waals surface area contributed by atoms with Gasteiger partial charge in [0.25, 0.3) is 0 Å². The van der Waals surface area contributed by atoms with Gasteiger partial charge >= 0.3 is 0 Å². The number of rotatable bonds is 2. The number of nitrogens with one attached hydrogen (secondary N) is 2. The summed E-state index contributed by atoms with van der Waals surface area (Å²) in [6.07, 6.45) is 2.95. The molecule has 0 saturated heterocycles. The summed E-state index contributed by atoms with van der Waals surface area (Å²) in [6, 6.07) is 10.4. The second kappa shape index (κ2) is 4.86.